The number of hydrogen-bond acceptors (Lipinski definition) is 2. The van der Waals surface area contributed by atoms with Crippen LogP contribution in [-0.4, -0.2) is 41.2 Å². The summed E-state index contributed by atoms with van der Waals surface area (Å²) in [4.78, 5) is 29.9. The highest BCUT2D eigenvalue weighted by Gasteiger charge is 2.29. The van der Waals surface area contributed by atoms with E-state index in [0.717, 1.165) is 32.1 Å². The Morgan fingerprint density at radius 2 is 1.72 bits per heavy atom. The van der Waals surface area contributed by atoms with Gasteiger partial charge in [0.2, 0.25) is 5.91 Å². The number of hydrogen-bond donors (Lipinski definition) is 0. The fraction of sp³-hybridized carbons (Fsp3) is 0.440. The lowest BCUT2D eigenvalue weighted by atomic mass is 9.93. The molecule has 4 heteroatoms. The molecule has 1 unspecified atom stereocenters. The zero-order valence-corrected chi connectivity index (χ0v) is 17.6. The number of amides is 2. The van der Waals surface area contributed by atoms with Crippen molar-refractivity contribution in [3.05, 3.63) is 71.3 Å². The zero-order valence-electron chi connectivity index (χ0n) is 17.6. The Kier molecular flexibility index (Phi) is 7.45. The summed E-state index contributed by atoms with van der Waals surface area (Å²) in [7, 11) is 0. The molecule has 154 valence electrons. The van der Waals surface area contributed by atoms with E-state index in [1.165, 1.54) is 11.1 Å². The first-order valence-corrected chi connectivity index (χ1v) is 10.8. The van der Waals surface area contributed by atoms with Crippen molar-refractivity contribution in [2.75, 3.05) is 19.6 Å². The molecule has 0 aromatic heterocycles. The van der Waals surface area contributed by atoms with Gasteiger partial charge in [0, 0.05) is 18.7 Å². The molecule has 2 aromatic carbocycles. The van der Waals surface area contributed by atoms with Crippen LogP contribution in [0.2, 0.25) is 0 Å². The van der Waals surface area contributed by atoms with Crippen molar-refractivity contribution in [2.24, 2.45) is 0 Å². The van der Waals surface area contributed by atoms with Crippen LogP contribution in [0.3, 0.4) is 0 Å². The van der Waals surface area contributed by atoms with Gasteiger partial charge in [0.15, 0.2) is 0 Å². The van der Waals surface area contributed by atoms with Gasteiger partial charge in [-0.2, -0.15) is 0 Å². The maximum atomic E-state index is 13.2. The van der Waals surface area contributed by atoms with Crippen LogP contribution < -0.4 is 0 Å². The van der Waals surface area contributed by atoms with Gasteiger partial charge in [-0.05, 0) is 43.0 Å². The number of fused-ring (bicyclic) bond motifs is 1. The molecule has 0 radical (unpaired) electrons. The van der Waals surface area contributed by atoms with Crippen molar-refractivity contribution in [3.8, 4) is 0 Å². The van der Waals surface area contributed by atoms with E-state index in [2.05, 4.69) is 32.0 Å². The minimum Gasteiger partial charge on any atom is -0.334 e. The molecule has 1 aliphatic rings. The number of unbranched alkanes of at least 4 members (excludes halogenated alkanes) is 3. The van der Waals surface area contributed by atoms with Gasteiger partial charge in [-0.3, -0.25) is 9.59 Å². The Morgan fingerprint density at radius 3 is 2.48 bits per heavy atom. The Morgan fingerprint density at radius 1 is 1.00 bits per heavy atom. The lowest BCUT2D eigenvalue weighted by Crippen LogP contribution is -2.46. The van der Waals surface area contributed by atoms with E-state index in [4.69, 9.17) is 0 Å². The number of carbonyl (C=O) groups excluding carboxylic acids is 2. The summed E-state index contributed by atoms with van der Waals surface area (Å²) in [6, 6.07) is 17.7. The zero-order chi connectivity index (χ0) is 20.6. The van der Waals surface area contributed by atoms with Crippen molar-refractivity contribution in [1.82, 2.24) is 9.80 Å². The topological polar surface area (TPSA) is 40.6 Å². The molecule has 2 amide bonds. The summed E-state index contributed by atoms with van der Waals surface area (Å²) in [5, 5.41) is 0. The van der Waals surface area contributed by atoms with Gasteiger partial charge in [-0.15, -0.1) is 0 Å². The maximum absolute atomic E-state index is 13.2. The molecular weight excluding hydrogens is 360 g/mol. The Labute approximate surface area is 174 Å². The molecule has 0 N–H and O–H groups in total. The van der Waals surface area contributed by atoms with Gasteiger partial charge in [-0.25, -0.2) is 0 Å². The van der Waals surface area contributed by atoms with E-state index in [1.54, 1.807) is 4.90 Å². The Hall–Kier alpha value is -2.62. The monoisotopic (exact) mass is 392 g/mol. The van der Waals surface area contributed by atoms with Crippen LogP contribution in [0, 0.1) is 0 Å². The van der Waals surface area contributed by atoms with E-state index in [0.29, 0.717) is 18.7 Å². The second-order valence-electron chi connectivity index (χ2n) is 7.87. The quantitative estimate of drug-likeness (QED) is 0.602. The van der Waals surface area contributed by atoms with E-state index >= 15 is 0 Å². The molecule has 0 saturated carbocycles. The largest absolute Gasteiger partial charge is 0.334 e. The molecule has 29 heavy (non-hydrogen) atoms. The molecule has 3 rings (SSSR count). The fourth-order valence-corrected chi connectivity index (χ4v) is 4.11. The predicted octanol–water partition coefficient (Wildman–Crippen LogP) is 4.86. The van der Waals surface area contributed by atoms with E-state index in [-0.39, 0.29) is 24.4 Å². The normalized spacial score (nSPS) is 15.7. The molecule has 0 saturated heterocycles. The van der Waals surface area contributed by atoms with Crippen molar-refractivity contribution < 1.29 is 9.59 Å². The van der Waals surface area contributed by atoms with Crippen LogP contribution in [0.4, 0.5) is 0 Å². The first-order chi connectivity index (χ1) is 14.1. The third kappa shape index (κ3) is 5.26. The van der Waals surface area contributed by atoms with Crippen molar-refractivity contribution >= 4 is 11.8 Å². The third-order valence-electron chi connectivity index (χ3n) is 5.83. The average molecular weight is 393 g/mol. The predicted molar refractivity (Wildman–Crippen MR) is 117 cm³/mol. The minimum atomic E-state index is -0.0551. The van der Waals surface area contributed by atoms with E-state index < -0.39 is 0 Å². The number of rotatable bonds is 8. The number of benzene rings is 2. The minimum absolute atomic E-state index is 0.0341. The highest BCUT2D eigenvalue weighted by Crippen LogP contribution is 2.29. The summed E-state index contributed by atoms with van der Waals surface area (Å²) >= 11 is 0. The Bertz CT molecular complexity index is 819. The lowest BCUT2D eigenvalue weighted by Gasteiger charge is -2.36. The molecule has 0 spiro atoms. The molecule has 0 aliphatic carbocycles. The van der Waals surface area contributed by atoms with Crippen molar-refractivity contribution in [1.29, 1.82) is 0 Å². The molecule has 4 nitrogen and oxygen atoms in total. The van der Waals surface area contributed by atoms with Gasteiger partial charge in [0.1, 0.15) is 6.54 Å². The van der Waals surface area contributed by atoms with Crippen LogP contribution in [0.25, 0.3) is 0 Å². The van der Waals surface area contributed by atoms with Gasteiger partial charge < -0.3 is 9.80 Å². The van der Waals surface area contributed by atoms with Gasteiger partial charge in [0.25, 0.3) is 5.91 Å². The maximum Gasteiger partial charge on any atom is 0.254 e. The Balaban J connectivity index is 1.71. The van der Waals surface area contributed by atoms with E-state index in [9.17, 15) is 9.59 Å². The fourth-order valence-electron chi connectivity index (χ4n) is 4.11. The second kappa shape index (κ2) is 10.2. The molecule has 0 bridgehead atoms. The average Bonchev–Trinajstić information content (AvgIpc) is 2.76. The highest BCUT2D eigenvalue weighted by molar-refractivity contribution is 5.96. The lowest BCUT2D eigenvalue weighted by molar-refractivity contribution is -0.134. The molecule has 1 aliphatic heterocycles. The highest BCUT2D eigenvalue weighted by atomic mass is 16.2. The summed E-state index contributed by atoms with van der Waals surface area (Å²) in [6.45, 7) is 5.73. The van der Waals surface area contributed by atoms with Crippen LogP contribution in [-0.2, 0) is 11.2 Å². The number of nitrogens with zero attached hydrogens (tertiary/aromatic N) is 2. The number of carbonyl (C=O) groups is 2. The molecule has 0 fully saturated rings. The first kappa shape index (κ1) is 21.1. The van der Waals surface area contributed by atoms with Crippen LogP contribution in [0.5, 0.6) is 0 Å². The molecule has 2 aromatic rings. The summed E-state index contributed by atoms with van der Waals surface area (Å²) in [5.41, 5.74) is 3.18. The van der Waals surface area contributed by atoms with Crippen LogP contribution in [0.15, 0.2) is 54.6 Å². The summed E-state index contributed by atoms with van der Waals surface area (Å²) in [6.07, 6.45) is 5.18. The van der Waals surface area contributed by atoms with Crippen LogP contribution in [0.1, 0.15) is 67.1 Å². The first-order valence-electron chi connectivity index (χ1n) is 10.8. The summed E-state index contributed by atoms with van der Waals surface area (Å²) < 4.78 is 0. The van der Waals surface area contributed by atoms with Gasteiger partial charge >= 0.3 is 0 Å². The molecule has 1 heterocycles. The summed E-state index contributed by atoms with van der Waals surface area (Å²) in [5.74, 6) is -0.0210. The van der Waals surface area contributed by atoms with E-state index in [1.807, 2.05) is 41.3 Å². The van der Waals surface area contributed by atoms with Crippen molar-refractivity contribution in [2.45, 2.75) is 52.0 Å². The van der Waals surface area contributed by atoms with Crippen molar-refractivity contribution in [3.63, 3.8) is 0 Å². The standard InChI is InChI=1S/C25H32N2O2/c1-3-4-5-11-17-26(25(29)22-13-7-6-8-14-22)19-24(28)27-18-16-21-12-9-10-15-23(21)20(27)2/h6-10,12-15,20H,3-5,11,16-19H2,1-2H3. The van der Waals surface area contributed by atoms with Crippen LogP contribution >= 0.6 is 0 Å². The SMILES string of the molecule is CCCCCCN(CC(=O)N1CCc2ccccc2C1C)C(=O)c1ccccc1. The molecule has 1 atom stereocenters. The van der Waals surface area contributed by atoms with Gasteiger partial charge in [0.05, 0.1) is 6.04 Å². The third-order valence-corrected chi connectivity index (χ3v) is 5.83. The smallest absolute Gasteiger partial charge is 0.254 e. The second-order valence-corrected chi connectivity index (χ2v) is 7.87. The van der Waals surface area contributed by atoms with Gasteiger partial charge in [-0.1, -0.05) is 68.7 Å². The molecular formula is C25H32N2O2.